The van der Waals surface area contributed by atoms with Gasteiger partial charge < -0.3 is 4.74 Å². The van der Waals surface area contributed by atoms with Crippen LogP contribution in [0.2, 0.25) is 0 Å². The van der Waals surface area contributed by atoms with Crippen LogP contribution in [0, 0.1) is 17.3 Å². The molecular formula is C15H24O. The second-order valence-corrected chi connectivity index (χ2v) is 7.07. The minimum absolute atomic E-state index is 0.225. The van der Waals surface area contributed by atoms with Crippen LogP contribution in [0.5, 0.6) is 0 Å². The van der Waals surface area contributed by atoms with E-state index in [-0.39, 0.29) is 5.60 Å². The van der Waals surface area contributed by atoms with Gasteiger partial charge in [0.25, 0.3) is 0 Å². The smallest absolute Gasteiger partial charge is 0.0923 e. The molecule has 1 aliphatic heterocycles. The Hall–Kier alpha value is -0.300. The predicted molar refractivity (Wildman–Crippen MR) is 66.3 cm³/mol. The van der Waals surface area contributed by atoms with E-state index < -0.39 is 0 Å². The molecule has 0 aromatic rings. The summed E-state index contributed by atoms with van der Waals surface area (Å²) in [6.07, 6.45) is 6.97. The molecule has 0 aromatic carbocycles. The van der Waals surface area contributed by atoms with Gasteiger partial charge in [-0.2, -0.15) is 0 Å². The molecule has 2 aliphatic carbocycles. The first kappa shape index (κ1) is 10.8. The SMILES string of the molecule is C=C1CCCC(C)(C)[C@H]2C[C@]3(C)O[C@@H]3C[C@@H]12. The van der Waals surface area contributed by atoms with E-state index in [1.807, 2.05) is 0 Å². The first-order chi connectivity index (χ1) is 7.42. The van der Waals surface area contributed by atoms with Crippen molar-refractivity contribution in [3.8, 4) is 0 Å². The molecule has 90 valence electrons. The second-order valence-electron chi connectivity index (χ2n) is 7.07. The fraction of sp³-hybridized carbons (Fsp3) is 0.867. The highest BCUT2D eigenvalue weighted by atomic mass is 16.6. The van der Waals surface area contributed by atoms with Gasteiger partial charge in [-0.1, -0.05) is 26.0 Å². The zero-order valence-corrected chi connectivity index (χ0v) is 10.9. The fourth-order valence-electron chi connectivity index (χ4n) is 4.16. The van der Waals surface area contributed by atoms with Gasteiger partial charge in [-0.05, 0) is 56.3 Å². The second kappa shape index (κ2) is 3.13. The Morgan fingerprint density at radius 2 is 2.06 bits per heavy atom. The van der Waals surface area contributed by atoms with E-state index in [1.165, 1.54) is 37.7 Å². The first-order valence-corrected chi connectivity index (χ1v) is 6.78. The summed E-state index contributed by atoms with van der Waals surface area (Å²) >= 11 is 0. The molecular weight excluding hydrogens is 196 g/mol. The maximum absolute atomic E-state index is 5.90. The number of hydrogen-bond donors (Lipinski definition) is 0. The van der Waals surface area contributed by atoms with Gasteiger partial charge in [0, 0.05) is 0 Å². The zero-order valence-electron chi connectivity index (χ0n) is 10.9. The van der Waals surface area contributed by atoms with Crippen LogP contribution in [-0.4, -0.2) is 11.7 Å². The lowest BCUT2D eigenvalue weighted by molar-refractivity contribution is 0.105. The van der Waals surface area contributed by atoms with E-state index in [0.717, 1.165) is 11.8 Å². The average molecular weight is 220 g/mol. The Balaban J connectivity index is 1.91. The van der Waals surface area contributed by atoms with E-state index in [0.29, 0.717) is 11.5 Å². The monoisotopic (exact) mass is 220 g/mol. The molecule has 0 radical (unpaired) electrons. The summed E-state index contributed by atoms with van der Waals surface area (Å²) in [4.78, 5) is 0. The molecule has 0 N–H and O–H groups in total. The summed E-state index contributed by atoms with van der Waals surface area (Å²) in [6.45, 7) is 11.6. The molecule has 1 nitrogen and oxygen atoms in total. The number of epoxide rings is 1. The van der Waals surface area contributed by atoms with E-state index in [4.69, 9.17) is 4.74 Å². The summed E-state index contributed by atoms with van der Waals surface area (Å²) in [6, 6.07) is 0. The topological polar surface area (TPSA) is 12.5 Å². The highest BCUT2D eigenvalue weighted by molar-refractivity contribution is 5.17. The van der Waals surface area contributed by atoms with Crippen LogP contribution in [0.1, 0.15) is 52.9 Å². The molecule has 1 heterocycles. The van der Waals surface area contributed by atoms with Gasteiger partial charge >= 0.3 is 0 Å². The van der Waals surface area contributed by atoms with Crippen LogP contribution in [0.25, 0.3) is 0 Å². The molecule has 1 heteroatoms. The highest BCUT2D eigenvalue weighted by Gasteiger charge is 2.60. The van der Waals surface area contributed by atoms with Crippen molar-refractivity contribution in [1.82, 2.24) is 0 Å². The minimum atomic E-state index is 0.225. The number of rotatable bonds is 0. The lowest BCUT2D eigenvalue weighted by Gasteiger charge is -2.41. The predicted octanol–water partition coefficient (Wildman–Crippen LogP) is 3.94. The Kier molecular flexibility index (Phi) is 2.12. The Bertz CT molecular complexity index is 330. The zero-order chi connectivity index (χ0) is 11.6. The van der Waals surface area contributed by atoms with Crippen molar-refractivity contribution in [2.45, 2.75) is 64.6 Å². The number of ether oxygens (including phenoxy) is 1. The largest absolute Gasteiger partial charge is 0.366 e. The molecule has 1 saturated heterocycles. The lowest BCUT2D eigenvalue weighted by Crippen LogP contribution is -2.38. The van der Waals surface area contributed by atoms with Crippen LogP contribution in [0.3, 0.4) is 0 Å². The molecule has 16 heavy (non-hydrogen) atoms. The van der Waals surface area contributed by atoms with Crippen molar-refractivity contribution in [3.63, 3.8) is 0 Å². The summed E-state index contributed by atoms with van der Waals surface area (Å²) in [7, 11) is 0. The van der Waals surface area contributed by atoms with Crippen molar-refractivity contribution >= 4 is 0 Å². The number of allylic oxidation sites excluding steroid dienone is 1. The van der Waals surface area contributed by atoms with Crippen LogP contribution < -0.4 is 0 Å². The molecule has 4 atom stereocenters. The standard InChI is InChI=1S/C15H24O/c1-10-6-5-7-14(2,3)12-9-15(4)13(16-15)8-11(10)12/h11-13H,1,5-9H2,2-4H3/t11-,12-,13+,15-/m0/s1. The molecule has 3 fully saturated rings. The Morgan fingerprint density at radius 1 is 1.31 bits per heavy atom. The van der Waals surface area contributed by atoms with E-state index in [1.54, 1.807) is 0 Å². The Labute approximate surface area is 99.3 Å². The highest BCUT2D eigenvalue weighted by Crippen LogP contribution is 2.59. The minimum Gasteiger partial charge on any atom is -0.366 e. The number of hydrogen-bond acceptors (Lipinski definition) is 1. The molecule has 0 aromatic heterocycles. The quantitative estimate of drug-likeness (QED) is 0.445. The van der Waals surface area contributed by atoms with Crippen LogP contribution in [-0.2, 0) is 4.74 Å². The van der Waals surface area contributed by atoms with Gasteiger partial charge in [-0.3, -0.25) is 0 Å². The van der Waals surface area contributed by atoms with E-state index in [9.17, 15) is 0 Å². The lowest BCUT2D eigenvalue weighted by atomic mass is 9.62. The van der Waals surface area contributed by atoms with Crippen molar-refractivity contribution < 1.29 is 4.74 Å². The van der Waals surface area contributed by atoms with Gasteiger partial charge in [0.15, 0.2) is 0 Å². The van der Waals surface area contributed by atoms with Gasteiger partial charge in [-0.15, -0.1) is 0 Å². The van der Waals surface area contributed by atoms with Crippen LogP contribution in [0.4, 0.5) is 0 Å². The van der Waals surface area contributed by atoms with Crippen LogP contribution in [0.15, 0.2) is 12.2 Å². The first-order valence-electron chi connectivity index (χ1n) is 6.78. The van der Waals surface area contributed by atoms with E-state index >= 15 is 0 Å². The van der Waals surface area contributed by atoms with Gasteiger partial charge in [0.05, 0.1) is 11.7 Å². The molecule has 2 saturated carbocycles. The molecule has 0 unspecified atom stereocenters. The van der Waals surface area contributed by atoms with Crippen molar-refractivity contribution in [1.29, 1.82) is 0 Å². The maximum Gasteiger partial charge on any atom is 0.0923 e. The summed E-state index contributed by atoms with van der Waals surface area (Å²) in [5, 5.41) is 0. The van der Waals surface area contributed by atoms with Crippen molar-refractivity contribution in [2.24, 2.45) is 17.3 Å². The van der Waals surface area contributed by atoms with Gasteiger partial charge in [0.2, 0.25) is 0 Å². The summed E-state index contributed by atoms with van der Waals surface area (Å²) in [5.74, 6) is 1.53. The third kappa shape index (κ3) is 1.48. The molecule has 0 amide bonds. The van der Waals surface area contributed by atoms with Gasteiger partial charge in [-0.25, -0.2) is 0 Å². The Morgan fingerprint density at radius 3 is 2.81 bits per heavy atom. The number of fused-ring (bicyclic) bond motifs is 2. The fourth-order valence-corrected chi connectivity index (χ4v) is 4.16. The van der Waals surface area contributed by atoms with Crippen molar-refractivity contribution in [2.75, 3.05) is 0 Å². The molecule has 0 bridgehead atoms. The maximum atomic E-state index is 5.90. The van der Waals surface area contributed by atoms with Gasteiger partial charge in [0.1, 0.15) is 0 Å². The third-order valence-corrected chi connectivity index (χ3v) is 5.46. The average Bonchev–Trinajstić information content (AvgIpc) is 2.86. The van der Waals surface area contributed by atoms with E-state index in [2.05, 4.69) is 27.4 Å². The molecule has 0 spiro atoms. The summed E-state index contributed by atoms with van der Waals surface area (Å²) in [5.41, 5.74) is 2.21. The normalized spacial score (nSPS) is 50.2. The third-order valence-electron chi connectivity index (χ3n) is 5.46. The van der Waals surface area contributed by atoms with Crippen molar-refractivity contribution in [3.05, 3.63) is 12.2 Å². The molecule has 3 rings (SSSR count). The summed E-state index contributed by atoms with van der Waals surface area (Å²) < 4.78 is 5.90. The van der Waals surface area contributed by atoms with Crippen LogP contribution >= 0.6 is 0 Å². The molecule has 3 aliphatic rings.